The molecule has 2 aromatic carbocycles. The number of carbonyl (C=O) groups excluding carboxylic acids is 1. The van der Waals surface area contributed by atoms with Crippen LogP contribution in [0.1, 0.15) is 18.1 Å². The molecule has 3 aromatic rings. The van der Waals surface area contributed by atoms with Gasteiger partial charge in [-0.3, -0.25) is 4.79 Å². The molecule has 0 aliphatic heterocycles. The fraction of sp³-hybridized carbons (Fsp3) is 0.200. The van der Waals surface area contributed by atoms with Crippen LogP contribution in [0, 0.1) is 6.92 Å². The Hall–Kier alpha value is -2.65. The van der Waals surface area contributed by atoms with Crippen LogP contribution in [0.3, 0.4) is 0 Å². The lowest BCUT2D eigenvalue weighted by atomic mass is 10.1. The highest BCUT2D eigenvalue weighted by Crippen LogP contribution is 2.19. The smallest absolute Gasteiger partial charge is 0.337 e. The van der Waals surface area contributed by atoms with Gasteiger partial charge in [0, 0.05) is 4.47 Å². The van der Waals surface area contributed by atoms with E-state index in [2.05, 4.69) is 36.7 Å². The van der Waals surface area contributed by atoms with Crippen LogP contribution < -0.4 is 15.1 Å². The number of hydrogen-bond donors (Lipinski definition) is 2. The van der Waals surface area contributed by atoms with Crippen molar-refractivity contribution in [3.8, 4) is 17.1 Å². The standard InChI is InChI=1S/C20H20BrN5O2S/c1-3-26-19(14-6-4-13(2)5-7-14)24-25-20(26)29-12-18(28)23-22-11-15-10-16(21)8-9-17(15)27/h4-11H,3,12H2,1-2H3,(H2,22,23,27,28). The second kappa shape index (κ2) is 9.71. The molecule has 0 saturated heterocycles. The van der Waals surface area contributed by atoms with Crippen molar-refractivity contribution in [3.05, 3.63) is 58.1 Å². The Kier molecular flexibility index (Phi) is 7.05. The average molecular weight is 474 g/mol. The summed E-state index contributed by atoms with van der Waals surface area (Å²) in [6.45, 7) is 4.79. The van der Waals surface area contributed by atoms with Gasteiger partial charge < -0.3 is 5.11 Å². The molecule has 7 nitrogen and oxygen atoms in total. The number of nitrogens with zero attached hydrogens (tertiary/aromatic N) is 3. The summed E-state index contributed by atoms with van der Waals surface area (Å²) in [6, 6.07) is 12.9. The topological polar surface area (TPSA) is 97.1 Å². The molecule has 1 heterocycles. The van der Waals surface area contributed by atoms with Crippen molar-refractivity contribution in [2.24, 2.45) is 5.10 Å². The van der Waals surface area contributed by atoms with Crippen molar-refractivity contribution in [1.82, 2.24) is 15.6 Å². The van der Waals surface area contributed by atoms with Gasteiger partial charge in [0.05, 0.1) is 29.2 Å². The molecule has 0 fully saturated rings. The van der Waals surface area contributed by atoms with Gasteiger partial charge in [-0.15, -0.1) is 5.10 Å². The number of aromatic amines is 1. The number of amides is 1. The van der Waals surface area contributed by atoms with Crippen LogP contribution in [0.4, 0.5) is 0 Å². The largest absolute Gasteiger partial charge is 0.872 e. The number of hydrogen-bond acceptors (Lipinski definition) is 5. The van der Waals surface area contributed by atoms with Crippen LogP contribution >= 0.6 is 27.7 Å². The van der Waals surface area contributed by atoms with Gasteiger partial charge in [-0.25, -0.2) is 9.99 Å². The van der Waals surface area contributed by atoms with Crippen molar-refractivity contribution in [1.29, 1.82) is 0 Å². The Labute approximate surface area is 181 Å². The lowest BCUT2D eigenvalue weighted by Gasteiger charge is -2.09. The fourth-order valence-electron chi connectivity index (χ4n) is 2.61. The normalized spacial score (nSPS) is 11.1. The first-order chi connectivity index (χ1) is 14.0. The molecular weight excluding hydrogens is 454 g/mol. The Balaban J connectivity index is 1.61. The van der Waals surface area contributed by atoms with E-state index in [1.807, 2.05) is 42.7 Å². The highest BCUT2D eigenvalue weighted by atomic mass is 79.9. The molecule has 29 heavy (non-hydrogen) atoms. The van der Waals surface area contributed by atoms with E-state index in [9.17, 15) is 9.90 Å². The number of hydrazone groups is 1. The maximum Gasteiger partial charge on any atom is 0.337 e. The molecule has 0 spiro atoms. The zero-order valence-corrected chi connectivity index (χ0v) is 18.4. The molecule has 0 radical (unpaired) electrons. The molecule has 0 bridgehead atoms. The third-order valence-corrected chi connectivity index (χ3v) is 5.57. The fourth-order valence-corrected chi connectivity index (χ4v) is 3.80. The van der Waals surface area contributed by atoms with E-state index in [4.69, 9.17) is 0 Å². The summed E-state index contributed by atoms with van der Waals surface area (Å²) in [5.74, 6) is 0.602. The van der Waals surface area contributed by atoms with Gasteiger partial charge in [-0.05, 0) is 55.4 Å². The molecule has 0 saturated carbocycles. The predicted octanol–water partition coefficient (Wildman–Crippen LogP) is 2.77. The van der Waals surface area contributed by atoms with Gasteiger partial charge in [0.25, 0.3) is 11.7 Å². The van der Waals surface area contributed by atoms with Crippen LogP contribution in [-0.4, -0.2) is 28.1 Å². The van der Waals surface area contributed by atoms with E-state index in [-0.39, 0.29) is 17.4 Å². The lowest BCUT2D eigenvalue weighted by Crippen LogP contribution is -2.36. The van der Waals surface area contributed by atoms with Crippen LogP contribution in [0.5, 0.6) is 5.75 Å². The van der Waals surface area contributed by atoms with Crippen molar-refractivity contribution in [2.75, 3.05) is 5.75 Å². The zero-order valence-electron chi connectivity index (χ0n) is 16.0. The van der Waals surface area contributed by atoms with E-state index in [1.165, 1.54) is 29.6 Å². The van der Waals surface area contributed by atoms with E-state index in [1.54, 1.807) is 12.1 Å². The van der Waals surface area contributed by atoms with Crippen molar-refractivity contribution in [2.45, 2.75) is 25.5 Å². The van der Waals surface area contributed by atoms with Gasteiger partial charge >= 0.3 is 5.16 Å². The Bertz CT molecular complexity index is 1030. The minimum atomic E-state index is -0.281. The number of halogens is 1. The number of benzene rings is 2. The first-order valence-electron chi connectivity index (χ1n) is 8.94. The molecular formula is C20H20BrN5O2S. The van der Waals surface area contributed by atoms with E-state index >= 15 is 0 Å². The molecule has 2 N–H and O–H groups in total. The molecule has 0 aliphatic rings. The van der Waals surface area contributed by atoms with Crippen LogP contribution in [0.25, 0.3) is 11.4 Å². The monoisotopic (exact) mass is 473 g/mol. The molecule has 1 amide bonds. The maximum absolute atomic E-state index is 12.1. The predicted molar refractivity (Wildman–Crippen MR) is 115 cm³/mol. The number of aryl methyl sites for hydroxylation is 1. The van der Waals surface area contributed by atoms with Gasteiger partial charge in [0.1, 0.15) is 0 Å². The van der Waals surface area contributed by atoms with E-state index in [0.717, 1.165) is 27.6 Å². The summed E-state index contributed by atoms with van der Waals surface area (Å²) in [7, 11) is 0. The number of aromatic nitrogens is 3. The first-order valence-corrected chi connectivity index (χ1v) is 10.7. The second-order valence-corrected chi connectivity index (χ2v) is 8.09. The molecule has 0 unspecified atom stereocenters. The van der Waals surface area contributed by atoms with Crippen molar-refractivity contribution >= 4 is 39.8 Å². The number of rotatable bonds is 7. The van der Waals surface area contributed by atoms with Gasteiger partial charge in [0.2, 0.25) is 0 Å². The molecule has 0 atom stereocenters. The summed E-state index contributed by atoms with van der Waals surface area (Å²) >= 11 is 4.62. The van der Waals surface area contributed by atoms with E-state index < -0.39 is 0 Å². The summed E-state index contributed by atoms with van der Waals surface area (Å²) in [5, 5.41) is 23.7. The van der Waals surface area contributed by atoms with Crippen molar-refractivity contribution in [3.63, 3.8) is 0 Å². The Morgan fingerprint density at radius 1 is 1.34 bits per heavy atom. The minimum absolute atomic E-state index is 0.151. The van der Waals surface area contributed by atoms with Gasteiger partial charge in [-0.1, -0.05) is 45.4 Å². The van der Waals surface area contributed by atoms with Crippen molar-refractivity contribution < 1.29 is 14.5 Å². The summed E-state index contributed by atoms with van der Waals surface area (Å²) < 4.78 is 2.80. The van der Waals surface area contributed by atoms with Gasteiger partial charge in [0.15, 0.2) is 0 Å². The van der Waals surface area contributed by atoms with Gasteiger partial charge in [-0.2, -0.15) is 5.10 Å². The highest BCUT2D eigenvalue weighted by molar-refractivity contribution is 9.10. The minimum Gasteiger partial charge on any atom is -0.872 e. The lowest BCUT2D eigenvalue weighted by molar-refractivity contribution is -0.719. The number of carbonyl (C=O) groups is 1. The summed E-state index contributed by atoms with van der Waals surface area (Å²) in [6.07, 6.45) is 1.34. The van der Waals surface area contributed by atoms with Crippen LogP contribution in [0.15, 0.2) is 57.2 Å². The number of H-pyrrole nitrogens is 1. The SMILES string of the molecule is CC[n+]1c(SCC(=O)N/N=C/c2cc(Br)ccc2[O-])n[nH]c1-c1ccc(C)cc1. The van der Waals surface area contributed by atoms with Crippen LogP contribution in [0.2, 0.25) is 0 Å². The zero-order chi connectivity index (χ0) is 20.8. The third kappa shape index (κ3) is 5.45. The maximum atomic E-state index is 12.1. The Morgan fingerprint density at radius 3 is 2.83 bits per heavy atom. The molecule has 3 rings (SSSR count). The highest BCUT2D eigenvalue weighted by Gasteiger charge is 2.21. The average Bonchev–Trinajstić information content (AvgIpc) is 3.12. The second-order valence-electron chi connectivity index (χ2n) is 6.23. The summed E-state index contributed by atoms with van der Waals surface area (Å²) in [5.41, 5.74) is 5.06. The number of thioether (sulfide) groups is 1. The Morgan fingerprint density at radius 2 is 2.10 bits per heavy atom. The van der Waals surface area contributed by atoms with Crippen LogP contribution in [-0.2, 0) is 11.3 Å². The quantitative estimate of drug-likeness (QED) is 0.238. The first kappa shape index (κ1) is 21.1. The molecule has 0 aliphatic carbocycles. The third-order valence-electron chi connectivity index (χ3n) is 4.10. The molecule has 150 valence electrons. The summed E-state index contributed by atoms with van der Waals surface area (Å²) in [4.78, 5) is 12.1. The number of nitrogens with one attached hydrogen (secondary N) is 2. The molecule has 9 heteroatoms. The molecule has 1 aromatic heterocycles. The van der Waals surface area contributed by atoms with E-state index in [0.29, 0.717) is 5.56 Å².